The molecular weight excluding hydrogens is 673 g/mol. The minimum absolute atomic E-state index is 0.0209. The zero-order valence-corrected chi connectivity index (χ0v) is 25.8. The number of aryl methyl sites for hydroxylation is 1. The van der Waals surface area contributed by atoms with Crippen molar-refractivity contribution >= 4 is 51.8 Å². The number of hydrogen-bond acceptors (Lipinski definition) is 8. The van der Waals surface area contributed by atoms with Crippen LogP contribution in [0.4, 0.5) is 5.69 Å². The molecule has 0 saturated carbocycles. The fourth-order valence-corrected chi connectivity index (χ4v) is 6.67. The van der Waals surface area contributed by atoms with Crippen LogP contribution in [0.25, 0.3) is 11.3 Å². The molecule has 0 radical (unpaired) electrons. The molecule has 2 aromatic heterocycles. The Morgan fingerprint density at radius 2 is 2.10 bits per heavy atom. The van der Waals surface area contributed by atoms with E-state index in [0.29, 0.717) is 58.6 Å². The lowest BCUT2D eigenvalue weighted by Gasteiger charge is -2.19. The Balaban J connectivity index is 1.15. The largest absolute Gasteiger partial charge is 0.485 e. The van der Waals surface area contributed by atoms with Gasteiger partial charge in [-0.15, -0.1) is 5.10 Å². The number of ether oxygens (including phenoxy) is 3. The lowest BCUT2D eigenvalue weighted by molar-refractivity contribution is -0.120. The van der Waals surface area contributed by atoms with Gasteiger partial charge in [0.05, 0.1) is 52.6 Å². The second-order valence-electron chi connectivity index (χ2n) is 10.3. The van der Waals surface area contributed by atoms with Gasteiger partial charge in [0.2, 0.25) is 5.91 Å². The summed E-state index contributed by atoms with van der Waals surface area (Å²) in [5, 5.41) is 12.1. The third-order valence-corrected chi connectivity index (χ3v) is 8.49. The molecule has 2 aromatic carbocycles. The molecule has 216 valence electrons. The molecule has 2 aliphatic heterocycles. The Morgan fingerprint density at radius 3 is 2.90 bits per heavy atom. The predicted octanol–water partition coefficient (Wildman–Crippen LogP) is 5.34. The molecule has 0 bridgehead atoms. The Hall–Kier alpha value is -3.55. The van der Waals surface area contributed by atoms with Crippen molar-refractivity contribution in [1.29, 1.82) is 0 Å². The number of halogens is 2. The fourth-order valence-electron chi connectivity index (χ4n) is 5.49. The SMILES string of the molecule is CCOC(=O)c1ccc(-c2cc(Cl)cc(I)c2OCc2cn(CC3CC4(CO3)C(=O)Nc3ccccc34)nn2)nc1C. The van der Waals surface area contributed by atoms with Gasteiger partial charge in [0.1, 0.15) is 23.5 Å². The van der Waals surface area contributed by atoms with E-state index in [1.165, 1.54) is 0 Å². The first-order chi connectivity index (χ1) is 20.3. The highest BCUT2D eigenvalue weighted by Crippen LogP contribution is 2.45. The van der Waals surface area contributed by atoms with E-state index < -0.39 is 11.4 Å². The second kappa shape index (κ2) is 11.6. The van der Waals surface area contributed by atoms with E-state index in [9.17, 15) is 9.59 Å². The highest BCUT2D eigenvalue weighted by Gasteiger charge is 2.52. The summed E-state index contributed by atoms with van der Waals surface area (Å²) in [6.07, 6.45) is 2.19. The Labute approximate surface area is 260 Å². The first kappa shape index (κ1) is 28.6. The van der Waals surface area contributed by atoms with Crippen LogP contribution in [-0.4, -0.2) is 51.2 Å². The second-order valence-corrected chi connectivity index (χ2v) is 11.9. The van der Waals surface area contributed by atoms with Gasteiger partial charge in [-0.3, -0.25) is 9.78 Å². The van der Waals surface area contributed by atoms with Gasteiger partial charge in [0.15, 0.2) is 0 Å². The van der Waals surface area contributed by atoms with E-state index in [1.807, 2.05) is 36.5 Å². The number of carbonyl (C=O) groups excluding carboxylic acids is 2. The fraction of sp³-hybridized carbons (Fsp3) is 0.300. The summed E-state index contributed by atoms with van der Waals surface area (Å²) in [6.45, 7) is 4.77. The molecule has 1 N–H and O–H groups in total. The third-order valence-electron chi connectivity index (χ3n) is 7.47. The van der Waals surface area contributed by atoms with Gasteiger partial charge in [-0.05, 0) is 78.8 Å². The molecule has 6 rings (SSSR count). The molecule has 1 saturated heterocycles. The molecule has 2 aliphatic rings. The summed E-state index contributed by atoms with van der Waals surface area (Å²) < 4.78 is 19.9. The molecule has 1 amide bonds. The maximum absolute atomic E-state index is 12.9. The molecule has 1 fully saturated rings. The third kappa shape index (κ3) is 5.36. The van der Waals surface area contributed by atoms with E-state index in [1.54, 1.807) is 36.7 Å². The summed E-state index contributed by atoms with van der Waals surface area (Å²) >= 11 is 8.57. The van der Waals surface area contributed by atoms with Crippen LogP contribution < -0.4 is 10.1 Å². The van der Waals surface area contributed by atoms with E-state index >= 15 is 0 Å². The molecule has 4 aromatic rings. The number of anilines is 1. The van der Waals surface area contributed by atoms with Gasteiger partial charge in [-0.2, -0.15) is 0 Å². The normalized spacial score (nSPS) is 19.1. The molecule has 1 spiro atoms. The number of hydrogen-bond donors (Lipinski definition) is 1. The number of benzene rings is 2. The molecule has 42 heavy (non-hydrogen) atoms. The van der Waals surface area contributed by atoms with Crippen molar-refractivity contribution in [3.05, 3.63) is 85.8 Å². The maximum Gasteiger partial charge on any atom is 0.339 e. The number of aromatic nitrogens is 4. The van der Waals surface area contributed by atoms with E-state index in [2.05, 4.69) is 43.2 Å². The highest BCUT2D eigenvalue weighted by molar-refractivity contribution is 14.1. The van der Waals surface area contributed by atoms with E-state index in [-0.39, 0.29) is 25.2 Å². The maximum atomic E-state index is 12.9. The Morgan fingerprint density at radius 1 is 1.26 bits per heavy atom. The van der Waals surface area contributed by atoms with E-state index in [0.717, 1.165) is 14.8 Å². The average molecular weight is 700 g/mol. The lowest BCUT2D eigenvalue weighted by atomic mass is 9.79. The summed E-state index contributed by atoms with van der Waals surface area (Å²) in [6, 6.07) is 14.8. The van der Waals surface area contributed by atoms with Crippen LogP contribution in [0.2, 0.25) is 5.02 Å². The van der Waals surface area contributed by atoms with Crippen LogP contribution in [0.15, 0.2) is 54.7 Å². The standard InChI is InChI=1S/C30H27ClIN5O5/c1-3-40-28(38)21-8-9-25(33-17(21)2)22-10-18(31)11-24(32)27(22)41-15-19-13-37(36-35-19)14-20-12-30(16-42-20)23-6-4-5-7-26(23)34-29(30)39/h4-11,13,20H,3,12,14-16H2,1-2H3,(H,34,39). The van der Waals surface area contributed by atoms with Crippen molar-refractivity contribution < 1.29 is 23.8 Å². The van der Waals surface area contributed by atoms with Crippen LogP contribution in [0.5, 0.6) is 5.75 Å². The highest BCUT2D eigenvalue weighted by atomic mass is 127. The van der Waals surface area contributed by atoms with Crippen molar-refractivity contribution in [2.75, 3.05) is 18.5 Å². The van der Waals surface area contributed by atoms with Crippen molar-refractivity contribution in [3.8, 4) is 17.0 Å². The number of rotatable bonds is 8. The van der Waals surface area contributed by atoms with Crippen molar-refractivity contribution in [2.45, 2.75) is 44.9 Å². The number of esters is 1. The smallest absolute Gasteiger partial charge is 0.339 e. The first-order valence-corrected chi connectivity index (χ1v) is 14.9. The van der Waals surface area contributed by atoms with Gasteiger partial charge in [-0.1, -0.05) is 35.0 Å². The number of amides is 1. The van der Waals surface area contributed by atoms with Crippen LogP contribution in [0.1, 0.15) is 40.7 Å². The Kier molecular flexibility index (Phi) is 7.90. The van der Waals surface area contributed by atoms with Gasteiger partial charge in [0.25, 0.3) is 0 Å². The predicted molar refractivity (Wildman–Crippen MR) is 164 cm³/mol. The van der Waals surface area contributed by atoms with Crippen LogP contribution in [-0.2, 0) is 32.8 Å². The number of nitrogens with one attached hydrogen (secondary N) is 1. The monoisotopic (exact) mass is 699 g/mol. The molecular formula is C30H27ClIN5O5. The van der Waals surface area contributed by atoms with Gasteiger partial charge in [0, 0.05) is 16.3 Å². The quantitative estimate of drug-likeness (QED) is 0.194. The van der Waals surface area contributed by atoms with E-state index in [4.69, 9.17) is 25.8 Å². The zero-order valence-electron chi connectivity index (χ0n) is 22.9. The number of carbonyl (C=O) groups is 2. The van der Waals surface area contributed by atoms with Gasteiger partial charge < -0.3 is 19.5 Å². The Bertz CT molecular complexity index is 1690. The molecule has 2 unspecified atom stereocenters. The van der Waals surface area contributed by atoms with Crippen LogP contribution in [0, 0.1) is 10.5 Å². The lowest BCUT2D eigenvalue weighted by Crippen LogP contribution is -2.35. The summed E-state index contributed by atoms with van der Waals surface area (Å²) in [4.78, 5) is 29.7. The van der Waals surface area contributed by atoms with Crippen LogP contribution in [0.3, 0.4) is 0 Å². The van der Waals surface area contributed by atoms with Crippen molar-refractivity contribution in [3.63, 3.8) is 0 Å². The molecule has 0 aliphatic carbocycles. The summed E-state index contributed by atoms with van der Waals surface area (Å²) in [7, 11) is 0. The minimum atomic E-state index is -0.670. The first-order valence-electron chi connectivity index (χ1n) is 13.5. The molecule has 12 heteroatoms. The average Bonchev–Trinajstić information content (AvgIpc) is 3.66. The van der Waals surface area contributed by atoms with Crippen molar-refractivity contribution in [1.82, 2.24) is 20.0 Å². The number of nitrogens with zero attached hydrogens (tertiary/aromatic N) is 4. The zero-order chi connectivity index (χ0) is 29.4. The molecule has 4 heterocycles. The molecule has 10 nitrogen and oxygen atoms in total. The summed E-state index contributed by atoms with van der Waals surface area (Å²) in [5.74, 6) is 0.161. The number of pyridine rings is 1. The van der Waals surface area contributed by atoms with Gasteiger partial charge in [-0.25, -0.2) is 9.48 Å². The molecule has 2 atom stereocenters. The van der Waals surface area contributed by atoms with Crippen LogP contribution >= 0.6 is 34.2 Å². The topological polar surface area (TPSA) is 117 Å². The van der Waals surface area contributed by atoms with Crippen molar-refractivity contribution in [2.24, 2.45) is 0 Å². The summed E-state index contributed by atoms with van der Waals surface area (Å²) in [5.41, 5.74) is 4.06. The minimum Gasteiger partial charge on any atom is -0.485 e. The number of fused-ring (bicyclic) bond motifs is 2. The van der Waals surface area contributed by atoms with Gasteiger partial charge >= 0.3 is 5.97 Å². The number of para-hydroxylation sites is 1.